The molecule has 1 aromatic carbocycles. The Balaban J connectivity index is 0.863. The summed E-state index contributed by atoms with van der Waals surface area (Å²) in [5.41, 5.74) is 7.11. The van der Waals surface area contributed by atoms with Crippen LogP contribution in [0.25, 0.3) is 21.8 Å². The maximum atomic E-state index is 16.3. The summed E-state index contributed by atoms with van der Waals surface area (Å²) in [4.78, 5) is 76.3. The zero-order valence-corrected chi connectivity index (χ0v) is 37.1. The van der Waals surface area contributed by atoms with Crippen molar-refractivity contribution in [2.24, 2.45) is 16.5 Å². The van der Waals surface area contributed by atoms with Gasteiger partial charge < -0.3 is 20.4 Å². The summed E-state index contributed by atoms with van der Waals surface area (Å²) in [6.45, 7) is 7.14. The van der Waals surface area contributed by atoms with E-state index in [0.717, 1.165) is 16.4 Å². The Morgan fingerprint density at radius 3 is 2.30 bits per heavy atom. The molecular weight excluding hydrogens is 848 g/mol. The van der Waals surface area contributed by atoms with E-state index in [9.17, 15) is 27.6 Å². The molecule has 4 aliphatic rings. The number of thiazole rings is 1. The quantitative estimate of drug-likeness (QED) is 0.181. The van der Waals surface area contributed by atoms with Crippen LogP contribution in [0.5, 0.6) is 0 Å². The first-order chi connectivity index (χ1) is 30.1. The van der Waals surface area contributed by atoms with Crippen LogP contribution in [0.4, 0.5) is 16.2 Å². The van der Waals surface area contributed by atoms with Crippen molar-refractivity contribution in [1.82, 2.24) is 35.1 Å². The zero-order valence-electron chi connectivity index (χ0n) is 35.5. The number of nitrogens with two attached hydrogens (primary N) is 2. The van der Waals surface area contributed by atoms with Crippen molar-refractivity contribution in [3.63, 3.8) is 0 Å². The molecule has 16 nitrogen and oxygen atoms in total. The molecule has 63 heavy (non-hydrogen) atoms. The van der Waals surface area contributed by atoms with Crippen molar-refractivity contribution in [3.05, 3.63) is 70.7 Å². The van der Waals surface area contributed by atoms with Gasteiger partial charge in [0, 0.05) is 86.5 Å². The molecule has 334 valence electrons. The number of halogens is 1. The number of aromatic nitrogens is 4. The van der Waals surface area contributed by atoms with Crippen LogP contribution < -0.4 is 21.1 Å². The highest BCUT2D eigenvalue weighted by atomic mass is 32.2. The lowest BCUT2D eigenvalue weighted by atomic mass is 9.78. The van der Waals surface area contributed by atoms with Gasteiger partial charge >= 0.3 is 0 Å². The molecule has 0 aliphatic carbocycles. The minimum absolute atomic E-state index is 0.00982. The van der Waals surface area contributed by atoms with Gasteiger partial charge in [0.05, 0.1) is 27.2 Å². The predicted octanol–water partition coefficient (Wildman–Crippen LogP) is 4.89. The van der Waals surface area contributed by atoms with Gasteiger partial charge in [0.15, 0.2) is 0 Å². The first kappa shape index (κ1) is 44.2. The maximum absolute atomic E-state index is 16.3. The largest absolute Gasteiger partial charge is 0.368 e. The second kappa shape index (κ2) is 18.0. The average Bonchev–Trinajstić information content (AvgIpc) is 3.72. The minimum atomic E-state index is -4.08. The second-order valence-electron chi connectivity index (χ2n) is 17.4. The monoisotopic (exact) mass is 900 g/mol. The van der Waals surface area contributed by atoms with Crippen LogP contribution in [-0.2, 0) is 29.2 Å². The fourth-order valence-corrected chi connectivity index (χ4v) is 11.8. The summed E-state index contributed by atoms with van der Waals surface area (Å²) < 4.78 is 41.1. The molecule has 4 aliphatic heterocycles. The number of imide groups is 1. The molecule has 4 saturated heterocycles. The van der Waals surface area contributed by atoms with Gasteiger partial charge in [-0.3, -0.25) is 24.5 Å². The predicted molar refractivity (Wildman–Crippen MR) is 236 cm³/mol. The molecule has 7 heterocycles. The van der Waals surface area contributed by atoms with E-state index in [0.29, 0.717) is 107 Å². The SMILES string of the molecule is CCC(c1cccc(-c2nc(C3CCN(C(=O)C4CCN(C(=O)C5(C)CCN(c6ccc(C7CCC(=O)NC7=O)cn6)CC5)CC4)CC3)sc2-c2ccnc(N)n2)c1F)S(N)(=O)=O. The second-order valence-corrected chi connectivity index (χ2v) is 20.2. The summed E-state index contributed by atoms with van der Waals surface area (Å²) >= 11 is 1.38. The summed E-state index contributed by atoms with van der Waals surface area (Å²) in [5.74, 6) is -0.738. The van der Waals surface area contributed by atoms with E-state index in [4.69, 9.17) is 15.9 Å². The van der Waals surface area contributed by atoms with Crippen molar-refractivity contribution in [2.75, 3.05) is 49.9 Å². The number of carbonyl (C=O) groups excluding carboxylic acids is 4. The summed E-state index contributed by atoms with van der Waals surface area (Å²) in [5, 5.41) is 7.44. The Kier molecular flexibility index (Phi) is 12.6. The lowest BCUT2D eigenvalue weighted by Gasteiger charge is -2.43. The number of benzene rings is 1. The van der Waals surface area contributed by atoms with E-state index in [-0.39, 0.29) is 64.9 Å². The number of nitrogens with zero attached hydrogens (tertiary/aromatic N) is 7. The van der Waals surface area contributed by atoms with Crippen molar-refractivity contribution in [3.8, 4) is 21.8 Å². The summed E-state index contributed by atoms with van der Waals surface area (Å²) in [6.07, 6.45) is 7.97. The molecule has 0 saturated carbocycles. The Hall–Kier alpha value is -5.40. The lowest BCUT2D eigenvalue weighted by molar-refractivity contribution is -0.147. The van der Waals surface area contributed by atoms with Gasteiger partial charge in [-0.25, -0.2) is 37.9 Å². The van der Waals surface area contributed by atoms with E-state index in [1.54, 1.807) is 31.3 Å². The van der Waals surface area contributed by atoms with E-state index in [1.165, 1.54) is 23.6 Å². The van der Waals surface area contributed by atoms with Crippen molar-refractivity contribution < 1.29 is 32.0 Å². The number of piperidine rings is 4. The molecule has 4 fully saturated rings. The summed E-state index contributed by atoms with van der Waals surface area (Å²) in [7, 11) is -4.08. The van der Waals surface area contributed by atoms with E-state index >= 15 is 4.39 Å². The van der Waals surface area contributed by atoms with Crippen LogP contribution in [0, 0.1) is 17.2 Å². The number of nitrogens with one attached hydrogen (secondary N) is 1. The molecule has 2 unspecified atom stereocenters. The standard InChI is InChI=1S/C44H53FN10O6S2/c1-3-33(63(47,60)61)30-5-4-6-31(36(30)45)37-38(32-11-18-48-43(46)50-32)62-40(52-37)26-12-19-54(20-13-26)41(58)27-14-21-55(22-15-27)42(59)44(2)16-23-53(24-17-44)34-9-7-28(25-49-34)29-8-10-35(56)51-39(29)57/h4-7,9,11,18,25-27,29,33H,3,8,10,12-17,19-24H2,1-2H3,(H2,46,48,50)(H2,47,60,61)(H,51,56,57). The molecule has 0 bridgehead atoms. The number of primary sulfonamides is 1. The third-order valence-electron chi connectivity index (χ3n) is 13.4. The van der Waals surface area contributed by atoms with Gasteiger partial charge in [0.25, 0.3) is 0 Å². The Bertz CT molecular complexity index is 2500. The third-order valence-corrected chi connectivity index (χ3v) is 16.0. The van der Waals surface area contributed by atoms with E-state index in [2.05, 4.69) is 25.2 Å². The molecule has 4 aromatic rings. The number of carbonyl (C=O) groups is 4. The van der Waals surface area contributed by atoms with Gasteiger partial charge in [-0.05, 0) is 75.1 Å². The molecular formula is C44H53FN10O6S2. The van der Waals surface area contributed by atoms with Crippen LogP contribution in [0.1, 0.15) is 105 Å². The minimum Gasteiger partial charge on any atom is -0.368 e. The number of amides is 4. The van der Waals surface area contributed by atoms with Crippen molar-refractivity contribution in [2.45, 2.75) is 88.7 Å². The van der Waals surface area contributed by atoms with Gasteiger partial charge in [-0.1, -0.05) is 32.0 Å². The maximum Gasteiger partial charge on any atom is 0.234 e. The van der Waals surface area contributed by atoms with Crippen LogP contribution in [0.3, 0.4) is 0 Å². The Labute approximate surface area is 370 Å². The summed E-state index contributed by atoms with van der Waals surface area (Å²) in [6, 6.07) is 10.1. The Morgan fingerprint density at radius 2 is 1.67 bits per heavy atom. The molecule has 2 atom stereocenters. The number of rotatable bonds is 10. The lowest BCUT2D eigenvalue weighted by Crippen LogP contribution is -2.52. The normalized spacial score (nSPS) is 20.7. The molecule has 8 rings (SSSR count). The first-order valence-electron chi connectivity index (χ1n) is 21.7. The van der Waals surface area contributed by atoms with Gasteiger partial charge in [0.1, 0.15) is 16.9 Å². The third kappa shape index (κ3) is 9.18. The zero-order chi connectivity index (χ0) is 44.6. The highest BCUT2D eigenvalue weighted by Crippen LogP contribution is 2.44. The van der Waals surface area contributed by atoms with Gasteiger partial charge in [0.2, 0.25) is 39.6 Å². The fourth-order valence-electron chi connectivity index (χ4n) is 9.54. The molecule has 5 N–H and O–H groups in total. The number of nitrogen functional groups attached to an aromatic ring is 1. The van der Waals surface area contributed by atoms with Crippen LogP contribution in [-0.4, -0.2) is 101 Å². The number of hydrogen-bond donors (Lipinski definition) is 3. The number of pyridine rings is 1. The number of anilines is 2. The van der Waals surface area contributed by atoms with Gasteiger partial charge in [-0.2, -0.15) is 0 Å². The molecule has 0 radical (unpaired) electrons. The van der Waals surface area contributed by atoms with Crippen molar-refractivity contribution >= 4 is 56.8 Å². The van der Waals surface area contributed by atoms with E-state index in [1.807, 2.05) is 28.9 Å². The number of likely N-dealkylation sites (tertiary alicyclic amines) is 2. The number of sulfonamides is 1. The first-order valence-corrected chi connectivity index (χ1v) is 24.1. The molecule has 19 heteroatoms. The fraction of sp³-hybridized carbons (Fsp3) is 0.500. The van der Waals surface area contributed by atoms with Crippen LogP contribution in [0.15, 0.2) is 48.8 Å². The smallest absolute Gasteiger partial charge is 0.234 e. The molecule has 0 spiro atoms. The van der Waals surface area contributed by atoms with Gasteiger partial charge in [-0.15, -0.1) is 11.3 Å². The van der Waals surface area contributed by atoms with E-state index < -0.39 is 26.5 Å². The van der Waals surface area contributed by atoms with Crippen LogP contribution >= 0.6 is 11.3 Å². The Morgan fingerprint density at radius 1 is 0.952 bits per heavy atom. The average molecular weight is 901 g/mol. The van der Waals surface area contributed by atoms with Crippen molar-refractivity contribution in [1.29, 1.82) is 0 Å². The highest BCUT2D eigenvalue weighted by Gasteiger charge is 2.42. The molecule has 3 aromatic heterocycles. The highest BCUT2D eigenvalue weighted by molar-refractivity contribution is 7.89. The molecule has 4 amide bonds. The number of hydrogen-bond acceptors (Lipinski definition) is 13. The topological polar surface area (TPSA) is 228 Å². The van der Waals surface area contributed by atoms with Crippen LogP contribution in [0.2, 0.25) is 0 Å².